The second kappa shape index (κ2) is 6.92. The molecule has 0 amide bonds. The van der Waals surface area contributed by atoms with Crippen LogP contribution in [0, 0.1) is 6.92 Å². The van der Waals surface area contributed by atoms with Gasteiger partial charge in [-0.05, 0) is 36.2 Å². The quantitative estimate of drug-likeness (QED) is 0.681. The van der Waals surface area contributed by atoms with Crippen molar-refractivity contribution >= 4 is 52.5 Å². The molecule has 2 N–H and O–H groups in total. The first-order valence-electron chi connectivity index (χ1n) is 6.22. The van der Waals surface area contributed by atoms with E-state index in [1.54, 1.807) is 18.0 Å². The molecule has 1 aromatic heterocycles. The maximum atomic E-state index is 13.3. The van der Waals surface area contributed by atoms with E-state index in [4.69, 9.17) is 34.8 Å². The maximum absolute atomic E-state index is 13.3. The normalized spacial score (nSPS) is 11.6. The number of carboxylic acid groups (broad SMARTS) is 1. The number of rotatable bonds is 4. The lowest BCUT2D eigenvalue weighted by molar-refractivity contribution is 0.0686. The van der Waals surface area contributed by atoms with Gasteiger partial charge in [0.2, 0.25) is 0 Å². The van der Waals surface area contributed by atoms with Crippen molar-refractivity contribution in [3.8, 4) is 0 Å². The third kappa shape index (κ3) is 3.85. The van der Waals surface area contributed by atoms with Gasteiger partial charge >= 0.3 is 11.4 Å². The Morgan fingerprint density at radius 3 is 2.50 bits per heavy atom. The van der Waals surface area contributed by atoms with Crippen LogP contribution in [0.4, 0.5) is 8.78 Å². The molecule has 0 radical (unpaired) electrons. The molecule has 0 fully saturated rings. The van der Waals surface area contributed by atoms with Crippen LogP contribution in [0.25, 0.3) is 0 Å². The first-order valence-corrected chi connectivity index (χ1v) is 8.17. The first kappa shape index (κ1) is 19.1. The molecule has 0 atom stereocenters. The highest BCUT2D eigenvalue weighted by atomic mass is 35.5. The Hall–Kier alpha value is -1.28. The van der Waals surface area contributed by atoms with Crippen LogP contribution in [-0.2, 0) is 5.38 Å². The fourth-order valence-corrected chi connectivity index (χ4v) is 3.61. The van der Waals surface area contributed by atoms with Gasteiger partial charge in [-0.3, -0.25) is 4.79 Å². The van der Waals surface area contributed by atoms with E-state index < -0.39 is 28.2 Å². The number of carbonyl (C=O) groups is 1. The first-order chi connectivity index (χ1) is 11.0. The van der Waals surface area contributed by atoms with Crippen LogP contribution in [-0.4, -0.2) is 16.1 Å². The summed E-state index contributed by atoms with van der Waals surface area (Å²) in [7, 11) is 0. The SMILES string of the molecule is Cc1ccc(Cl)c(Sc2cc(C(F)(F)Cl)[nH]c(=O)c2C(=O)O)c1Cl. The van der Waals surface area contributed by atoms with Crippen molar-refractivity contribution in [1.82, 2.24) is 4.98 Å². The Morgan fingerprint density at radius 2 is 1.96 bits per heavy atom. The predicted molar refractivity (Wildman–Crippen MR) is 89.1 cm³/mol. The third-order valence-electron chi connectivity index (χ3n) is 2.97. The van der Waals surface area contributed by atoms with Crippen LogP contribution >= 0.6 is 46.6 Å². The number of aryl methyl sites for hydroxylation is 1. The molecule has 0 bridgehead atoms. The summed E-state index contributed by atoms with van der Waals surface area (Å²) in [5.41, 5.74) is -2.20. The Labute approximate surface area is 153 Å². The minimum Gasteiger partial charge on any atom is -0.477 e. The molecule has 2 aromatic rings. The summed E-state index contributed by atoms with van der Waals surface area (Å²) in [5, 5.41) is 5.73. The Bertz CT molecular complexity index is 881. The number of H-pyrrole nitrogens is 1. The lowest BCUT2D eigenvalue weighted by atomic mass is 10.2. The van der Waals surface area contributed by atoms with Gasteiger partial charge in [0.1, 0.15) is 11.3 Å². The summed E-state index contributed by atoms with van der Waals surface area (Å²) < 4.78 is 26.6. The summed E-state index contributed by atoms with van der Waals surface area (Å²) in [6, 6.07) is 3.95. The van der Waals surface area contributed by atoms with E-state index in [9.17, 15) is 23.5 Å². The molecule has 4 nitrogen and oxygen atoms in total. The fraction of sp³-hybridized carbons (Fsp3) is 0.143. The van der Waals surface area contributed by atoms with Crippen LogP contribution < -0.4 is 5.56 Å². The molecule has 24 heavy (non-hydrogen) atoms. The highest BCUT2D eigenvalue weighted by Crippen LogP contribution is 2.42. The van der Waals surface area contributed by atoms with Gasteiger partial charge in [-0.2, -0.15) is 8.78 Å². The maximum Gasteiger partial charge on any atom is 0.362 e. The van der Waals surface area contributed by atoms with Gasteiger partial charge in [0, 0.05) is 9.79 Å². The molecule has 0 aliphatic rings. The average Bonchev–Trinajstić information content (AvgIpc) is 2.45. The van der Waals surface area contributed by atoms with Crippen molar-refractivity contribution in [3.05, 3.63) is 55.4 Å². The summed E-state index contributed by atoms with van der Waals surface area (Å²) in [4.78, 5) is 24.9. The van der Waals surface area contributed by atoms with Gasteiger partial charge in [0.25, 0.3) is 5.56 Å². The molecular weight excluding hydrogens is 407 g/mol. The molecule has 0 saturated carbocycles. The number of benzene rings is 1. The van der Waals surface area contributed by atoms with Gasteiger partial charge in [-0.1, -0.05) is 41.0 Å². The van der Waals surface area contributed by atoms with Crippen molar-refractivity contribution in [2.75, 3.05) is 0 Å². The summed E-state index contributed by atoms with van der Waals surface area (Å²) >= 11 is 17.8. The molecule has 1 heterocycles. The second-order valence-electron chi connectivity index (χ2n) is 4.66. The number of nitrogens with one attached hydrogen (secondary N) is 1. The highest BCUT2D eigenvalue weighted by molar-refractivity contribution is 7.99. The second-order valence-corrected chi connectivity index (χ2v) is 6.98. The van der Waals surface area contributed by atoms with E-state index in [0.717, 1.165) is 6.07 Å². The summed E-state index contributed by atoms with van der Waals surface area (Å²) in [6.45, 7) is 1.69. The van der Waals surface area contributed by atoms with Crippen LogP contribution in [0.3, 0.4) is 0 Å². The molecule has 0 aliphatic carbocycles. The number of aromatic nitrogens is 1. The summed E-state index contributed by atoms with van der Waals surface area (Å²) in [6.07, 6.45) is 0. The van der Waals surface area contributed by atoms with Crippen molar-refractivity contribution in [2.45, 2.75) is 22.1 Å². The van der Waals surface area contributed by atoms with Crippen molar-refractivity contribution in [2.24, 2.45) is 0 Å². The van der Waals surface area contributed by atoms with Crippen molar-refractivity contribution in [3.63, 3.8) is 0 Å². The Morgan fingerprint density at radius 1 is 1.33 bits per heavy atom. The third-order valence-corrected chi connectivity index (χ3v) is 5.37. The topological polar surface area (TPSA) is 70.2 Å². The number of carboxylic acids is 1. The standard InChI is InChI=1S/C14H8Cl3F2NO3S/c1-5-2-3-6(15)11(10(5)16)24-7-4-8(14(17,18)19)20-12(21)9(7)13(22)23/h2-4H,1H3,(H,20,21)(H,22,23). The van der Waals surface area contributed by atoms with E-state index in [2.05, 4.69) is 0 Å². The number of alkyl halides is 3. The lowest BCUT2D eigenvalue weighted by Gasteiger charge is -2.13. The number of halogens is 5. The van der Waals surface area contributed by atoms with E-state index in [1.807, 2.05) is 0 Å². The largest absolute Gasteiger partial charge is 0.477 e. The van der Waals surface area contributed by atoms with E-state index in [1.165, 1.54) is 6.07 Å². The zero-order valence-electron chi connectivity index (χ0n) is 11.8. The van der Waals surface area contributed by atoms with Gasteiger partial charge in [0.15, 0.2) is 0 Å². The van der Waals surface area contributed by atoms with Gasteiger partial charge in [-0.15, -0.1) is 0 Å². The van der Waals surface area contributed by atoms with E-state index >= 15 is 0 Å². The molecule has 0 spiro atoms. The molecule has 1 aromatic carbocycles. The van der Waals surface area contributed by atoms with Crippen LogP contribution in [0.2, 0.25) is 10.0 Å². The molecule has 0 saturated heterocycles. The van der Waals surface area contributed by atoms with Gasteiger partial charge < -0.3 is 10.1 Å². The van der Waals surface area contributed by atoms with Crippen LogP contribution in [0.15, 0.2) is 32.8 Å². The average molecular weight is 415 g/mol. The number of hydrogen-bond donors (Lipinski definition) is 2. The van der Waals surface area contributed by atoms with Crippen LogP contribution in [0.5, 0.6) is 0 Å². The lowest BCUT2D eigenvalue weighted by Crippen LogP contribution is -2.23. The molecule has 128 valence electrons. The summed E-state index contributed by atoms with van der Waals surface area (Å²) in [5.74, 6) is -1.58. The van der Waals surface area contributed by atoms with E-state index in [0.29, 0.717) is 17.3 Å². The molecule has 0 unspecified atom stereocenters. The molecule has 0 aliphatic heterocycles. The minimum atomic E-state index is -3.87. The highest BCUT2D eigenvalue weighted by Gasteiger charge is 2.32. The number of hydrogen-bond acceptors (Lipinski definition) is 3. The Kier molecular flexibility index (Phi) is 5.49. The molecule has 2 rings (SSSR count). The Balaban J connectivity index is 2.70. The molecular formula is C14H8Cl3F2NO3S. The number of aromatic carboxylic acids is 1. The zero-order valence-corrected chi connectivity index (χ0v) is 14.9. The number of pyridine rings is 1. The van der Waals surface area contributed by atoms with Crippen molar-refractivity contribution < 1.29 is 18.7 Å². The molecule has 10 heteroatoms. The monoisotopic (exact) mass is 413 g/mol. The fourth-order valence-electron chi connectivity index (χ4n) is 1.81. The van der Waals surface area contributed by atoms with Gasteiger partial charge in [0.05, 0.1) is 10.0 Å². The van der Waals surface area contributed by atoms with Crippen molar-refractivity contribution in [1.29, 1.82) is 0 Å². The van der Waals surface area contributed by atoms with Gasteiger partial charge in [-0.25, -0.2) is 4.79 Å². The zero-order chi connectivity index (χ0) is 18.2. The smallest absolute Gasteiger partial charge is 0.362 e. The predicted octanol–water partition coefficient (Wildman–Crippen LogP) is 5.13. The number of aromatic amines is 1. The minimum absolute atomic E-state index is 0.186. The van der Waals surface area contributed by atoms with Crippen LogP contribution in [0.1, 0.15) is 21.6 Å². The van der Waals surface area contributed by atoms with E-state index in [-0.39, 0.29) is 19.8 Å².